The average molecular weight is 456 g/mol. The van der Waals surface area contributed by atoms with Crippen LogP contribution >= 0.6 is 0 Å². The van der Waals surface area contributed by atoms with Crippen molar-refractivity contribution < 1.29 is 43.5 Å². The molecule has 1 aliphatic carbocycles. The molecule has 9 atom stereocenters. The van der Waals surface area contributed by atoms with Crippen LogP contribution in [0, 0.1) is 23.7 Å². The lowest BCUT2D eigenvalue weighted by atomic mass is 9.58. The third-order valence-corrected chi connectivity index (χ3v) is 7.65. The summed E-state index contributed by atoms with van der Waals surface area (Å²) >= 11 is 0. The maximum Gasteiger partial charge on any atom is 0.325 e. The number of ether oxygens (including phenoxy) is 3. The first-order valence-corrected chi connectivity index (χ1v) is 11.5. The minimum atomic E-state index is -1.14. The van der Waals surface area contributed by atoms with Crippen molar-refractivity contribution in [2.45, 2.75) is 96.2 Å². The van der Waals surface area contributed by atoms with E-state index in [1.807, 2.05) is 13.8 Å². The second-order valence-electron chi connectivity index (χ2n) is 9.89. The lowest BCUT2D eigenvalue weighted by molar-refractivity contribution is -0.576. The summed E-state index contributed by atoms with van der Waals surface area (Å²) in [4.78, 5) is 47.0. The summed E-state index contributed by atoms with van der Waals surface area (Å²) in [6.07, 6.45) is 1.64. The predicted molar refractivity (Wildman–Crippen MR) is 107 cm³/mol. The number of esters is 1. The molecule has 180 valence electrons. The number of amides is 1. The quantitative estimate of drug-likeness (QED) is 0.457. The van der Waals surface area contributed by atoms with E-state index in [0.29, 0.717) is 12.3 Å². The van der Waals surface area contributed by atoms with Crippen molar-refractivity contribution in [3.8, 4) is 0 Å². The van der Waals surface area contributed by atoms with E-state index >= 15 is 0 Å². The Labute approximate surface area is 187 Å². The number of aliphatic carboxylic acids is 1. The molecule has 0 aromatic heterocycles. The van der Waals surface area contributed by atoms with Gasteiger partial charge in [-0.15, -0.1) is 0 Å². The Kier molecular flexibility index (Phi) is 6.26. The molecular weight excluding hydrogens is 422 g/mol. The van der Waals surface area contributed by atoms with Crippen LogP contribution in [-0.2, 0) is 38.4 Å². The van der Waals surface area contributed by atoms with Gasteiger partial charge in [-0.25, -0.2) is 9.78 Å². The molecule has 4 aliphatic heterocycles. The van der Waals surface area contributed by atoms with Crippen molar-refractivity contribution in [2.24, 2.45) is 23.7 Å². The van der Waals surface area contributed by atoms with Gasteiger partial charge in [0.15, 0.2) is 11.9 Å². The highest BCUT2D eigenvalue weighted by atomic mass is 17.3. The van der Waals surface area contributed by atoms with E-state index in [2.05, 4.69) is 12.2 Å². The number of carbonyl (C=O) groups excluding carboxylic acids is 2. The summed E-state index contributed by atoms with van der Waals surface area (Å²) in [6.45, 7) is 7.39. The number of carboxylic acid groups (broad SMARTS) is 1. The lowest BCUT2D eigenvalue weighted by Crippen LogP contribution is -2.70. The first-order valence-electron chi connectivity index (χ1n) is 11.5. The zero-order valence-corrected chi connectivity index (χ0v) is 19.0. The summed E-state index contributed by atoms with van der Waals surface area (Å²) in [6, 6.07) is -1.02. The Bertz CT molecular complexity index is 775. The van der Waals surface area contributed by atoms with Crippen LogP contribution in [0.15, 0.2) is 0 Å². The Morgan fingerprint density at radius 2 is 1.88 bits per heavy atom. The van der Waals surface area contributed by atoms with E-state index in [-0.39, 0.29) is 30.6 Å². The summed E-state index contributed by atoms with van der Waals surface area (Å²) in [5.74, 6) is -2.64. The standard InChI is InChI=1S/C22H33NO9/c1-11-5-6-15-12(2)19(28-17(25)8-7-16(24)23-13(3)18(26)27)29-20-22(15)14(11)9-10-21(4,30-20)31-32-22/h11-15,19-20H,5-10H2,1-4H3,(H,23,24)(H,26,27). The number of nitrogens with one attached hydrogen (secondary N) is 1. The Morgan fingerprint density at radius 1 is 1.12 bits per heavy atom. The average Bonchev–Trinajstić information content (AvgIpc) is 2.96. The third-order valence-electron chi connectivity index (χ3n) is 7.65. The van der Waals surface area contributed by atoms with Gasteiger partial charge in [0, 0.05) is 24.7 Å². The smallest absolute Gasteiger partial charge is 0.325 e. The monoisotopic (exact) mass is 455 g/mol. The number of hydrogen-bond acceptors (Lipinski definition) is 8. The molecule has 0 aromatic rings. The lowest BCUT2D eigenvalue weighted by Gasteiger charge is -2.59. The second kappa shape index (κ2) is 8.55. The summed E-state index contributed by atoms with van der Waals surface area (Å²) in [5, 5.41) is 11.2. The molecule has 9 unspecified atom stereocenters. The minimum Gasteiger partial charge on any atom is -0.480 e. The van der Waals surface area contributed by atoms with Gasteiger partial charge in [0.2, 0.25) is 18.0 Å². The summed E-state index contributed by atoms with van der Waals surface area (Å²) in [7, 11) is 0. The molecule has 2 N–H and O–H groups in total. The van der Waals surface area contributed by atoms with E-state index in [1.165, 1.54) is 6.92 Å². The van der Waals surface area contributed by atoms with Gasteiger partial charge in [0.25, 0.3) is 0 Å². The van der Waals surface area contributed by atoms with E-state index in [1.54, 1.807) is 0 Å². The molecule has 0 radical (unpaired) electrons. The van der Waals surface area contributed by atoms with Gasteiger partial charge < -0.3 is 24.6 Å². The maximum atomic E-state index is 12.5. The van der Waals surface area contributed by atoms with Crippen LogP contribution in [-0.4, -0.2) is 53.0 Å². The van der Waals surface area contributed by atoms with E-state index < -0.39 is 47.9 Å². The largest absolute Gasteiger partial charge is 0.480 e. The maximum absolute atomic E-state index is 12.5. The van der Waals surface area contributed by atoms with E-state index in [4.69, 9.17) is 29.1 Å². The summed E-state index contributed by atoms with van der Waals surface area (Å²) < 4.78 is 18.0. The SMILES string of the molecule is CC(NC(=O)CCC(=O)OC1OC2OC3(C)CCC4C(C)CCC(C1C)C24OO3)C(=O)O. The van der Waals surface area contributed by atoms with Crippen LogP contribution in [0.3, 0.4) is 0 Å². The van der Waals surface area contributed by atoms with Gasteiger partial charge in [-0.05, 0) is 44.9 Å². The number of carboxylic acids is 1. The van der Waals surface area contributed by atoms with Gasteiger partial charge in [-0.2, -0.15) is 0 Å². The van der Waals surface area contributed by atoms with E-state index in [0.717, 1.165) is 19.3 Å². The van der Waals surface area contributed by atoms with Crippen LogP contribution in [0.4, 0.5) is 0 Å². The molecule has 10 nitrogen and oxygen atoms in total. The van der Waals surface area contributed by atoms with Crippen LogP contribution in [0.5, 0.6) is 0 Å². The fraction of sp³-hybridized carbons (Fsp3) is 0.864. The Morgan fingerprint density at radius 3 is 2.59 bits per heavy atom. The van der Waals surface area contributed by atoms with Gasteiger partial charge in [-0.3, -0.25) is 14.4 Å². The third kappa shape index (κ3) is 4.02. The van der Waals surface area contributed by atoms with Crippen molar-refractivity contribution in [1.82, 2.24) is 5.32 Å². The highest BCUT2D eigenvalue weighted by molar-refractivity contribution is 5.85. The molecule has 5 aliphatic rings. The molecule has 1 amide bonds. The molecule has 1 spiro atoms. The van der Waals surface area contributed by atoms with Crippen molar-refractivity contribution in [3.63, 3.8) is 0 Å². The van der Waals surface area contributed by atoms with Crippen LogP contribution in [0.2, 0.25) is 0 Å². The Hall–Kier alpha value is -1.75. The molecule has 1 saturated carbocycles. The number of rotatable bonds is 6. The number of carbonyl (C=O) groups is 3. The fourth-order valence-electron chi connectivity index (χ4n) is 5.79. The molecule has 5 fully saturated rings. The predicted octanol–water partition coefficient (Wildman–Crippen LogP) is 2.11. The first kappa shape index (κ1) is 23.4. The molecule has 5 rings (SSSR count). The number of hydrogen-bond donors (Lipinski definition) is 2. The zero-order chi connectivity index (χ0) is 23.3. The Balaban J connectivity index is 1.42. The van der Waals surface area contributed by atoms with Crippen molar-refractivity contribution in [2.75, 3.05) is 0 Å². The normalized spacial score (nSPS) is 43.5. The van der Waals surface area contributed by atoms with Gasteiger partial charge in [-0.1, -0.05) is 13.8 Å². The highest BCUT2D eigenvalue weighted by Crippen LogP contribution is 2.60. The zero-order valence-electron chi connectivity index (χ0n) is 19.0. The molecule has 4 heterocycles. The topological polar surface area (TPSA) is 130 Å². The highest BCUT2D eigenvalue weighted by Gasteiger charge is 2.69. The van der Waals surface area contributed by atoms with Crippen molar-refractivity contribution in [3.05, 3.63) is 0 Å². The minimum absolute atomic E-state index is 0.0302. The van der Waals surface area contributed by atoms with Crippen LogP contribution in [0.1, 0.15) is 66.2 Å². The molecule has 0 aromatic carbocycles. The van der Waals surface area contributed by atoms with Gasteiger partial charge >= 0.3 is 11.9 Å². The second-order valence-corrected chi connectivity index (χ2v) is 9.89. The molecule has 32 heavy (non-hydrogen) atoms. The van der Waals surface area contributed by atoms with Crippen LogP contribution in [0.25, 0.3) is 0 Å². The van der Waals surface area contributed by atoms with Gasteiger partial charge in [0.05, 0.1) is 6.42 Å². The fourth-order valence-corrected chi connectivity index (χ4v) is 5.79. The van der Waals surface area contributed by atoms with Gasteiger partial charge in [0.1, 0.15) is 6.04 Å². The summed E-state index contributed by atoms with van der Waals surface area (Å²) in [5.41, 5.74) is -0.733. The molecule has 2 bridgehead atoms. The molecule has 4 saturated heterocycles. The molecule has 10 heteroatoms. The van der Waals surface area contributed by atoms with E-state index in [9.17, 15) is 14.4 Å². The molecular formula is C22H33NO9. The first-order chi connectivity index (χ1) is 15.1. The van der Waals surface area contributed by atoms with Crippen LogP contribution < -0.4 is 5.32 Å². The number of fused-ring (bicyclic) bond motifs is 2. The van der Waals surface area contributed by atoms with Crippen molar-refractivity contribution in [1.29, 1.82) is 0 Å². The van der Waals surface area contributed by atoms with Crippen molar-refractivity contribution >= 4 is 17.8 Å².